The van der Waals surface area contributed by atoms with Gasteiger partial charge in [-0.3, -0.25) is 0 Å². The average Bonchev–Trinajstić information content (AvgIpc) is 2.30. The highest BCUT2D eigenvalue weighted by Gasteiger charge is 2.13. The Bertz CT molecular complexity index is 270. The van der Waals surface area contributed by atoms with Crippen LogP contribution < -0.4 is 5.32 Å². The molecule has 1 N–H and O–H groups in total. The van der Waals surface area contributed by atoms with Gasteiger partial charge in [-0.2, -0.15) is 0 Å². The molecule has 1 nitrogen and oxygen atoms in total. The van der Waals surface area contributed by atoms with Crippen LogP contribution in [0.15, 0.2) is 24.3 Å². The largest absolute Gasteiger partial charge is 0.310 e. The standard InChI is InChI=1S/C13H19N/c1-2-11-6-8-12(9-7-11)13-5-3-4-10-14-13/h6-9,13-14H,2-5,10H2,1H3/t13-/m0/s1. The van der Waals surface area contributed by atoms with Crippen LogP contribution in [0.4, 0.5) is 0 Å². The van der Waals surface area contributed by atoms with Crippen LogP contribution in [-0.4, -0.2) is 6.54 Å². The van der Waals surface area contributed by atoms with Crippen LogP contribution in [0.1, 0.15) is 43.4 Å². The maximum atomic E-state index is 3.57. The van der Waals surface area contributed by atoms with E-state index in [1.54, 1.807) is 0 Å². The van der Waals surface area contributed by atoms with Gasteiger partial charge in [0.15, 0.2) is 0 Å². The van der Waals surface area contributed by atoms with Gasteiger partial charge in [0.05, 0.1) is 0 Å². The lowest BCUT2D eigenvalue weighted by Gasteiger charge is -2.23. The summed E-state index contributed by atoms with van der Waals surface area (Å²) < 4.78 is 0. The van der Waals surface area contributed by atoms with Gasteiger partial charge in [-0.15, -0.1) is 0 Å². The first kappa shape index (κ1) is 9.72. The molecule has 1 aromatic rings. The number of rotatable bonds is 2. The zero-order chi connectivity index (χ0) is 9.80. The Morgan fingerprint density at radius 1 is 1.21 bits per heavy atom. The van der Waals surface area contributed by atoms with Crippen molar-refractivity contribution in [2.75, 3.05) is 6.54 Å². The molecule has 14 heavy (non-hydrogen) atoms. The number of hydrogen-bond donors (Lipinski definition) is 1. The van der Waals surface area contributed by atoms with Crippen molar-refractivity contribution in [1.82, 2.24) is 5.32 Å². The molecule has 0 spiro atoms. The zero-order valence-electron chi connectivity index (χ0n) is 8.92. The van der Waals surface area contributed by atoms with Crippen LogP contribution in [0, 0.1) is 0 Å². The molecule has 1 aliphatic rings. The van der Waals surface area contributed by atoms with Gasteiger partial charge in [-0.1, -0.05) is 37.6 Å². The summed E-state index contributed by atoms with van der Waals surface area (Å²) in [6.45, 7) is 3.38. The van der Waals surface area contributed by atoms with E-state index in [0.29, 0.717) is 6.04 Å². The van der Waals surface area contributed by atoms with Crippen molar-refractivity contribution in [3.05, 3.63) is 35.4 Å². The van der Waals surface area contributed by atoms with Crippen molar-refractivity contribution in [3.63, 3.8) is 0 Å². The number of hydrogen-bond acceptors (Lipinski definition) is 1. The minimum atomic E-state index is 0.606. The number of nitrogens with one attached hydrogen (secondary N) is 1. The first-order valence-corrected chi connectivity index (χ1v) is 5.72. The SMILES string of the molecule is CCc1ccc([C@@H]2CCCCN2)cc1. The lowest BCUT2D eigenvalue weighted by atomic mass is 9.96. The Morgan fingerprint density at radius 3 is 2.57 bits per heavy atom. The molecule has 0 amide bonds. The fourth-order valence-electron chi connectivity index (χ4n) is 2.12. The highest BCUT2D eigenvalue weighted by molar-refractivity contribution is 5.25. The third-order valence-electron chi connectivity index (χ3n) is 3.10. The van der Waals surface area contributed by atoms with Crippen molar-refractivity contribution < 1.29 is 0 Å². The Kier molecular flexibility index (Phi) is 3.20. The van der Waals surface area contributed by atoms with Gasteiger partial charge in [-0.05, 0) is 36.9 Å². The summed E-state index contributed by atoms with van der Waals surface area (Å²) in [6.07, 6.45) is 5.14. The molecule has 1 atom stereocenters. The van der Waals surface area contributed by atoms with Crippen molar-refractivity contribution in [2.45, 2.75) is 38.6 Å². The van der Waals surface area contributed by atoms with Crippen molar-refractivity contribution in [1.29, 1.82) is 0 Å². The molecule has 1 aromatic carbocycles. The molecule has 76 valence electrons. The van der Waals surface area contributed by atoms with E-state index in [0.717, 1.165) is 6.42 Å². The smallest absolute Gasteiger partial charge is 0.0320 e. The third-order valence-corrected chi connectivity index (χ3v) is 3.10. The van der Waals surface area contributed by atoms with E-state index in [2.05, 4.69) is 36.5 Å². The molecule has 1 aliphatic heterocycles. The van der Waals surface area contributed by atoms with Crippen molar-refractivity contribution in [2.24, 2.45) is 0 Å². The van der Waals surface area contributed by atoms with E-state index < -0.39 is 0 Å². The normalized spacial score (nSPS) is 22.2. The van der Waals surface area contributed by atoms with Gasteiger partial charge in [0, 0.05) is 6.04 Å². The molecule has 0 bridgehead atoms. The van der Waals surface area contributed by atoms with Crippen LogP contribution in [-0.2, 0) is 6.42 Å². The Balaban J connectivity index is 2.07. The van der Waals surface area contributed by atoms with Crippen LogP contribution in [0.5, 0.6) is 0 Å². The summed E-state index contributed by atoms with van der Waals surface area (Å²) in [6, 6.07) is 9.68. The van der Waals surface area contributed by atoms with E-state index in [1.807, 2.05) is 0 Å². The van der Waals surface area contributed by atoms with Gasteiger partial charge < -0.3 is 5.32 Å². The topological polar surface area (TPSA) is 12.0 Å². The molecule has 0 unspecified atom stereocenters. The van der Waals surface area contributed by atoms with Gasteiger partial charge in [0.2, 0.25) is 0 Å². The van der Waals surface area contributed by atoms with E-state index in [4.69, 9.17) is 0 Å². The van der Waals surface area contributed by atoms with Crippen LogP contribution >= 0.6 is 0 Å². The van der Waals surface area contributed by atoms with Crippen LogP contribution in [0.25, 0.3) is 0 Å². The summed E-state index contributed by atoms with van der Waals surface area (Å²) in [7, 11) is 0. The van der Waals surface area contributed by atoms with Gasteiger partial charge >= 0.3 is 0 Å². The summed E-state index contributed by atoms with van der Waals surface area (Å²) in [5, 5.41) is 3.57. The second-order valence-corrected chi connectivity index (χ2v) is 4.10. The molecule has 1 heterocycles. The van der Waals surface area contributed by atoms with Crippen LogP contribution in [0.2, 0.25) is 0 Å². The number of piperidine rings is 1. The van der Waals surface area contributed by atoms with E-state index in [1.165, 1.54) is 36.9 Å². The summed E-state index contributed by atoms with van der Waals surface area (Å²) in [5.41, 5.74) is 2.89. The first-order valence-electron chi connectivity index (χ1n) is 5.72. The fraction of sp³-hybridized carbons (Fsp3) is 0.538. The van der Waals surface area contributed by atoms with E-state index in [9.17, 15) is 0 Å². The maximum absolute atomic E-state index is 3.57. The van der Waals surface area contributed by atoms with Gasteiger partial charge in [0.25, 0.3) is 0 Å². The summed E-state index contributed by atoms with van der Waals surface area (Å²) in [5.74, 6) is 0. The lowest BCUT2D eigenvalue weighted by molar-refractivity contribution is 0.412. The van der Waals surface area contributed by atoms with E-state index in [-0.39, 0.29) is 0 Å². The predicted molar refractivity (Wildman–Crippen MR) is 60.4 cm³/mol. The molecule has 0 radical (unpaired) electrons. The molecule has 0 saturated carbocycles. The maximum Gasteiger partial charge on any atom is 0.0320 e. The molecule has 1 saturated heterocycles. The molecule has 1 heteroatoms. The van der Waals surface area contributed by atoms with E-state index >= 15 is 0 Å². The third kappa shape index (κ3) is 2.16. The quantitative estimate of drug-likeness (QED) is 0.754. The van der Waals surface area contributed by atoms with Crippen LogP contribution in [0.3, 0.4) is 0 Å². The molecule has 0 aliphatic carbocycles. The second-order valence-electron chi connectivity index (χ2n) is 4.10. The van der Waals surface area contributed by atoms with Crippen molar-refractivity contribution >= 4 is 0 Å². The highest BCUT2D eigenvalue weighted by atomic mass is 14.9. The zero-order valence-corrected chi connectivity index (χ0v) is 8.92. The molecule has 0 aromatic heterocycles. The Hall–Kier alpha value is -0.820. The van der Waals surface area contributed by atoms with Gasteiger partial charge in [-0.25, -0.2) is 0 Å². The lowest BCUT2D eigenvalue weighted by Crippen LogP contribution is -2.26. The number of benzene rings is 1. The minimum Gasteiger partial charge on any atom is -0.310 e. The molecule has 2 rings (SSSR count). The minimum absolute atomic E-state index is 0.606. The Labute approximate surface area is 86.5 Å². The Morgan fingerprint density at radius 2 is 2.00 bits per heavy atom. The van der Waals surface area contributed by atoms with Gasteiger partial charge in [0.1, 0.15) is 0 Å². The highest BCUT2D eigenvalue weighted by Crippen LogP contribution is 2.22. The molecular formula is C13H19N. The monoisotopic (exact) mass is 189 g/mol. The summed E-state index contributed by atoms with van der Waals surface area (Å²) >= 11 is 0. The molecular weight excluding hydrogens is 170 g/mol. The molecule has 1 fully saturated rings. The van der Waals surface area contributed by atoms with Crippen molar-refractivity contribution in [3.8, 4) is 0 Å². The fourth-order valence-corrected chi connectivity index (χ4v) is 2.12. The number of aryl methyl sites for hydroxylation is 1. The predicted octanol–water partition coefficient (Wildman–Crippen LogP) is 3.06. The summed E-state index contributed by atoms with van der Waals surface area (Å²) in [4.78, 5) is 0. The average molecular weight is 189 g/mol. The first-order chi connectivity index (χ1) is 6.90. The second kappa shape index (κ2) is 4.61.